The Labute approximate surface area is 187 Å². The average molecular weight is 426 g/mol. The van der Waals surface area contributed by atoms with Crippen molar-refractivity contribution in [1.29, 1.82) is 0 Å². The standard InChI is InChI=1S/C26H51NO3/c1-3-5-7-8-9-10-11-12-13-14-15-16-17-18-19-20-26(28)30-25(24-27)21-23-29-22-6-4-2/h12-13,25H,3-11,14-24,27H2,1-2H3. The largest absolute Gasteiger partial charge is 0.461 e. The topological polar surface area (TPSA) is 61.5 Å². The fraction of sp³-hybridized carbons (Fsp3) is 0.885. The first kappa shape index (κ1) is 29.1. The van der Waals surface area contributed by atoms with Gasteiger partial charge in [0.05, 0.1) is 6.61 Å². The molecule has 2 N–H and O–H groups in total. The summed E-state index contributed by atoms with van der Waals surface area (Å²) in [4.78, 5) is 12.0. The third kappa shape index (κ3) is 21.8. The van der Waals surface area contributed by atoms with Gasteiger partial charge in [-0.1, -0.05) is 83.8 Å². The number of nitrogens with two attached hydrogens (primary N) is 1. The molecule has 4 nitrogen and oxygen atoms in total. The Kier molecular flexibility index (Phi) is 23.7. The van der Waals surface area contributed by atoms with Crippen molar-refractivity contribution < 1.29 is 14.3 Å². The Bertz CT molecular complexity index is 384. The maximum atomic E-state index is 12.0. The zero-order valence-corrected chi connectivity index (χ0v) is 20.2. The van der Waals surface area contributed by atoms with Gasteiger partial charge in [-0.05, 0) is 38.5 Å². The van der Waals surface area contributed by atoms with Gasteiger partial charge in [0, 0.05) is 26.0 Å². The second-order valence-corrected chi connectivity index (χ2v) is 8.44. The summed E-state index contributed by atoms with van der Waals surface area (Å²) in [6.07, 6.45) is 24.3. The zero-order chi connectivity index (χ0) is 22.1. The lowest BCUT2D eigenvalue weighted by Crippen LogP contribution is -2.28. The highest BCUT2D eigenvalue weighted by Gasteiger charge is 2.12. The highest BCUT2D eigenvalue weighted by Crippen LogP contribution is 2.11. The maximum Gasteiger partial charge on any atom is 0.306 e. The van der Waals surface area contributed by atoms with Crippen molar-refractivity contribution in [2.45, 2.75) is 129 Å². The molecule has 0 aromatic carbocycles. The number of ether oxygens (including phenoxy) is 2. The summed E-state index contributed by atoms with van der Waals surface area (Å²) in [6.45, 7) is 6.17. The van der Waals surface area contributed by atoms with Crippen molar-refractivity contribution in [2.75, 3.05) is 19.8 Å². The maximum absolute atomic E-state index is 12.0. The number of esters is 1. The average Bonchev–Trinajstić information content (AvgIpc) is 2.75. The van der Waals surface area contributed by atoms with Crippen LogP contribution >= 0.6 is 0 Å². The SMILES string of the molecule is CCCCCCCCC=CCCCCCCCC(=O)OC(CN)CCOCCCC. The second-order valence-electron chi connectivity index (χ2n) is 8.44. The lowest BCUT2D eigenvalue weighted by molar-refractivity contribution is -0.149. The van der Waals surface area contributed by atoms with Crippen molar-refractivity contribution in [3.8, 4) is 0 Å². The molecule has 0 aliphatic rings. The van der Waals surface area contributed by atoms with E-state index >= 15 is 0 Å². The number of carbonyl (C=O) groups excluding carboxylic acids is 1. The second kappa shape index (κ2) is 24.4. The summed E-state index contributed by atoms with van der Waals surface area (Å²) >= 11 is 0. The van der Waals surface area contributed by atoms with Gasteiger partial charge in [-0.25, -0.2) is 0 Å². The van der Waals surface area contributed by atoms with E-state index in [-0.39, 0.29) is 12.1 Å². The summed E-state index contributed by atoms with van der Waals surface area (Å²) in [5.74, 6) is -0.114. The number of carbonyl (C=O) groups is 1. The van der Waals surface area contributed by atoms with E-state index in [0.29, 0.717) is 26.0 Å². The molecule has 30 heavy (non-hydrogen) atoms. The Morgan fingerprint density at radius 2 is 1.33 bits per heavy atom. The quantitative estimate of drug-likeness (QED) is 0.108. The van der Waals surface area contributed by atoms with Crippen LogP contribution in [0, 0.1) is 0 Å². The molecule has 0 aliphatic carbocycles. The van der Waals surface area contributed by atoms with Crippen molar-refractivity contribution in [2.24, 2.45) is 5.73 Å². The van der Waals surface area contributed by atoms with Crippen LogP contribution in [-0.4, -0.2) is 31.8 Å². The molecule has 0 aromatic rings. The van der Waals surface area contributed by atoms with E-state index in [1.807, 2.05) is 0 Å². The van der Waals surface area contributed by atoms with Gasteiger partial charge in [0.25, 0.3) is 0 Å². The lowest BCUT2D eigenvalue weighted by Gasteiger charge is -2.16. The minimum Gasteiger partial charge on any atom is -0.461 e. The van der Waals surface area contributed by atoms with E-state index in [4.69, 9.17) is 15.2 Å². The molecule has 0 saturated heterocycles. The molecule has 0 rings (SSSR count). The van der Waals surface area contributed by atoms with Gasteiger partial charge in [-0.2, -0.15) is 0 Å². The highest BCUT2D eigenvalue weighted by molar-refractivity contribution is 5.69. The fourth-order valence-electron chi connectivity index (χ4n) is 3.37. The van der Waals surface area contributed by atoms with Gasteiger partial charge in [-0.3, -0.25) is 4.79 Å². The monoisotopic (exact) mass is 425 g/mol. The van der Waals surface area contributed by atoms with E-state index in [1.165, 1.54) is 70.6 Å². The number of allylic oxidation sites excluding steroid dienone is 2. The normalized spacial score (nSPS) is 12.5. The van der Waals surface area contributed by atoms with E-state index in [2.05, 4.69) is 26.0 Å². The molecule has 0 amide bonds. The molecule has 0 radical (unpaired) electrons. The van der Waals surface area contributed by atoms with Crippen molar-refractivity contribution in [3.05, 3.63) is 12.2 Å². The van der Waals surface area contributed by atoms with Crippen LogP contribution in [0.2, 0.25) is 0 Å². The summed E-state index contributed by atoms with van der Waals surface area (Å²) < 4.78 is 11.0. The van der Waals surface area contributed by atoms with Crippen LogP contribution in [-0.2, 0) is 14.3 Å². The number of hydrogen-bond donors (Lipinski definition) is 1. The van der Waals surface area contributed by atoms with Crippen LogP contribution < -0.4 is 5.73 Å². The molecule has 0 heterocycles. The minimum absolute atomic E-state index is 0.114. The summed E-state index contributed by atoms with van der Waals surface area (Å²) in [5.41, 5.74) is 5.71. The van der Waals surface area contributed by atoms with Gasteiger partial charge in [0.1, 0.15) is 6.10 Å². The zero-order valence-electron chi connectivity index (χ0n) is 20.2. The molecular formula is C26H51NO3. The van der Waals surface area contributed by atoms with E-state index < -0.39 is 0 Å². The van der Waals surface area contributed by atoms with Gasteiger partial charge in [0.2, 0.25) is 0 Å². The first-order chi connectivity index (χ1) is 14.7. The lowest BCUT2D eigenvalue weighted by atomic mass is 10.1. The summed E-state index contributed by atoms with van der Waals surface area (Å²) in [7, 11) is 0. The van der Waals surface area contributed by atoms with Crippen molar-refractivity contribution in [1.82, 2.24) is 0 Å². The molecule has 0 bridgehead atoms. The highest BCUT2D eigenvalue weighted by atomic mass is 16.5. The number of hydrogen-bond acceptors (Lipinski definition) is 4. The molecule has 0 saturated carbocycles. The van der Waals surface area contributed by atoms with Crippen LogP contribution in [0.15, 0.2) is 12.2 Å². The van der Waals surface area contributed by atoms with Gasteiger partial charge in [-0.15, -0.1) is 0 Å². The molecule has 1 unspecified atom stereocenters. The van der Waals surface area contributed by atoms with Crippen LogP contribution in [0.25, 0.3) is 0 Å². The predicted octanol–water partition coefficient (Wildman–Crippen LogP) is 7.10. The van der Waals surface area contributed by atoms with E-state index in [1.54, 1.807) is 0 Å². The third-order valence-corrected chi connectivity index (χ3v) is 5.43. The van der Waals surface area contributed by atoms with Crippen molar-refractivity contribution in [3.63, 3.8) is 0 Å². The first-order valence-electron chi connectivity index (χ1n) is 12.9. The smallest absolute Gasteiger partial charge is 0.306 e. The first-order valence-corrected chi connectivity index (χ1v) is 12.9. The van der Waals surface area contributed by atoms with Crippen LogP contribution in [0.5, 0.6) is 0 Å². The van der Waals surface area contributed by atoms with Gasteiger partial charge >= 0.3 is 5.97 Å². The Hall–Kier alpha value is -0.870. The summed E-state index contributed by atoms with van der Waals surface area (Å²) in [5, 5.41) is 0. The third-order valence-electron chi connectivity index (χ3n) is 5.43. The van der Waals surface area contributed by atoms with Gasteiger partial charge in [0.15, 0.2) is 0 Å². The fourth-order valence-corrected chi connectivity index (χ4v) is 3.37. The summed E-state index contributed by atoms with van der Waals surface area (Å²) in [6, 6.07) is 0. The van der Waals surface area contributed by atoms with Crippen molar-refractivity contribution >= 4 is 5.97 Å². The molecule has 0 aromatic heterocycles. The molecule has 0 fully saturated rings. The van der Waals surface area contributed by atoms with Crippen LogP contribution in [0.3, 0.4) is 0 Å². The Morgan fingerprint density at radius 1 is 0.767 bits per heavy atom. The molecule has 0 spiro atoms. The number of unbranched alkanes of at least 4 members (excludes halogenated alkanes) is 12. The molecule has 0 aliphatic heterocycles. The van der Waals surface area contributed by atoms with E-state index in [0.717, 1.165) is 32.3 Å². The van der Waals surface area contributed by atoms with Crippen LogP contribution in [0.1, 0.15) is 123 Å². The van der Waals surface area contributed by atoms with E-state index in [9.17, 15) is 4.79 Å². The molecule has 1 atom stereocenters. The van der Waals surface area contributed by atoms with Crippen LogP contribution in [0.4, 0.5) is 0 Å². The minimum atomic E-state index is -0.206. The molecule has 178 valence electrons. The Morgan fingerprint density at radius 3 is 1.93 bits per heavy atom. The van der Waals surface area contributed by atoms with Gasteiger partial charge < -0.3 is 15.2 Å². The molecular weight excluding hydrogens is 374 g/mol. The predicted molar refractivity (Wildman–Crippen MR) is 129 cm³/mol. The number of rotatable bonds is 23. The molecule has 4 heteroatoms. The Balaban J connectivity index is 3.43.